The van der Waals surface area contributed by atoms with Crippen LogP contribution in [0.4, 0.5) is 15.1 Å². The molecule has 140 valence electrons. The second kappa shape index (κ2) is 7.36. The summed E-state index contributed by atoms with van der Waals surface area (Å²) in [6.45, 7) is 5.31. The lowest BCUT2D eigenvalue weighted by atomic mass is 10.1. The highest BCUT2D eigenvalue weighted by Crippen LogP contribution is 2.31. The zero-order chi connectivity index (χ0) is 19.6. The predicted octanol–water partition coefficient (Wildman–Crippen LogP) is 4.17. The average Bonchev–Trinajstić information content (AvgIpc) is 3.13. The van der Waals surface area contributed by atoms with Crippen LogP contribution in [0.5, 0.6) is 0 Å². The molecule has 3 aromatic rings. The molecular weight excluding hydrogens is 369 g/mol. The van der Waals surface area contributed by atoms with Gasteiger partial charge in [0.25, 0.3) is 0 Å². The highest BCUT2D eigenvalue weighted by molar-refractivity contribution is 7.13. The van der Waals surface area contributed by atoms with Gasteiger partial charge >= 0.3 is 6.09 Å². The fourth-order valence-electron chi connectivity index (χ4n) is 2.19. The number of carbonyl (C=O) groups excluding carboxylic acids is 1. The van der Waals surface area contributed by atoms with E-state index in [0.29, 0.717) is 22.0 Å². The van der Waals surface area contributed by atoms with Crippen LogP contribution in [-0.4, -0.2) is 38.7 Å². The second-order valence-electron chi connectivity index (χ2n) is 6.67. The first-order valence-electron chi connectivity index (χ1n) is 8.10. The normalized spacial score (nSPS) is 11.3. The van der Waals surface area contributed by atoms with Crippen molar-refractivity contribution < 1.29 is 13.9 Å². The van der Waals surface area contributed by atoms with E-state index in [-0.39, 0.29) is 5.95 Å². The van der Waals surface area contributed by atoms with Crippen molar-refractivity contribution in [3.63, 3.8) is 0 Å². The van der Waals surface area contributed by atoms with E-state index in [2.05, 4.69) is 19.9 Å². The van der Waals surface area contributed by atoms with Crippen LogP contribution in [0.15, 0.2) is 36.1 Å². The van der Waals surface area contributed by atoms with E-state index in [1.807, 2.05) is 5.38 Å². The van der Waals surface area contributed by atoms with Crippen LogP contribution in [-0.2, 0) is 4.74 Å². The molecule has 0 aliphatic heterocycles. The molecule has 9 heteroatoms. The summed E-state index contributed by atoms with van der Waals surface area (Å²) in [5.74, 6) is -0.323. The van der Waals surface area contributed by atoms with Crippen LogP contribution < -0.4 is 4.90 Å². The third-order valence-electron chi connectivity index (χ3n) is 3.37. The Balaban J connectivity index is 2.06. The summed E-state index contributed by atoms with van der Waals surface area (Å²) >= 11 is 1.40. The SMILES string of the molecule is CN(C(=O)OC(C)(C)C)c1ncc(-c2nccs2)c(-c2cc(F)ccn2)n1. The van der Waals surface area contributed by atoms with Crippen molar-refractivity contribution in [3.05, 3.63) is 41.9 Å². The predicted molar refractivity (Wildman–Crippen MR) is 101 cm³/mol. The number of pyridine rings is 1. The zero-order valence-corrected chi connectivity index (χ0v) is 16.1. The van der Waals surface area contributed by atoms with Crippen LogP contribution in [0.2, 0.25) is 0 Å². The molecule has 0 unspecified atom stereocenters. The van der Waals surface area contributed by atoms with Gasteiger partial charge in [0.15, 0.2) is 0 Å². The molecule has 1 amide bonds. The third kappa shape index (κ3) is 4.43. The van der Waals surface area contributed by atoms with Crippen molar-refractivity contribution >= 4 is 23.4 Å². The van der Waals surface area contributed by atoms with Gasteiger partial charge in [0.05, 0.1) is 11.3 Å². The highest BCUT2D eigenvalue weighted by Gasteiger charge is 2.24. The van der Waals surface area contributed by atoms with Crippen molar-refractivity contribution in [3.8, 4) is 22.0 Å². The topological polar surface area (TPSA) is 81.1 Å². The Morgan fingerprint density at radius 2 is 2.00 bits per heavy atom. The molecule has 0 fully saturated rings. The molecule has 0 spiro atoms. The number of ether oxygens (including phenoxy) is 1. The van der Waals surface area contributed by atoms with Gasteiger partial charge in [0.1, 0.15) is 22.1 Å². The van der Waals surface area contributed by atoms with Crippen LogP contribution in [0.1, 0.15) is 20.8 Å². The molecule has 0 aliphatic carbocycles. The van der Waals surface area contributed by atoms with Crippen molar-refractivity contribution in [1.29, 1.82) is 0 Å². The summed E-state index contributed by atoms with van der Waals surface area (Å²) in [6, 6.07) is 2.53. The molecule has 0 N–H and O–H groups in total. The van der Waals surface area contributed by atoms with Crippen LogP contribution in [0, 0.1) is 5.82 Å². The molecular formula is C18H18FN5O2S. The standard InChI is InChI=1S/C18H18FN5O2S/c1-18(2,3)26-17(25)24(4)16-22-10-12(15-21-7-8-27-15)14(23-16)13-9-11(19)5-6-20-13/h5-10H,1-4H3. The number of aromatic nitrogens is 4. The molecule has 3 heterocycles. The van der Waals surface area contributed by atoms with E-state index in [4.69, 9.17) is 4.74 Å². The summed E-state index contributed by atoms with van der Waals surface area (Å²) in [7, 11) is 1.51. The zero-order valence-electron chi connectivity index (χ0n) is 15.3. The maximum atomic E-state index is 13.7. The minimum atomic E-state index is -0.654. The molecule has 27 heavy (non-hydrogen) atoms. The number of hydrogen-bond donors (Lipinski definition) is 0. The van der Waals surface area contributed by atoms with Crippen molar-refractivity contribution in [1.82, 2.24) is 19.9 Å². The number of rotatable bonds is 3. The third-order valence-corrected chi connectivity index (χ3v) is 4.18. The molecule has 0 aromatic carbocycles. The monoisotopic (exact) mass is 387 g/mol. The Morgan fingerprint density at radius 1 is 1.22 bits per heavy atom. The van der Waals surface area contributed by atoms with E-state index in [9.17, 15) is 9.18 Å². The Labute approximate surface area is 159 Å². The lowest BCUT2D eigenvalue weighted by Crippen LogP contribution is -2.35. The summed E-state index contributed by atoms with van der Waals surface area (Å²) < 4.78 is 19.1. The van der Waals surface area contributed by atoms with Gasteiger partial charge in [0, 0.05) is 37.1 Å². The summed E-state index contributed by atoms with van der Waals surface area (Å²) in [4.78, 5) is 30.7. The van der Waals surface area contributed by atoms with Crippen LogP contribution >= 0.6 is 11.3 Å². The Bertz CT molecular complexity index is 957. The number of carbonyl (C=O) groups is 1. The van der Waals surface area contributed by atoms with Gasteiger partial charge in [-0.25, -0.2) is 29.0 Å². The van der Waals surface area contributed by atoms with E-state index in [1.165, 1.54) is 41.6 Å². The first kappa shape index (κ1) is 18.8. The minimum Gasteiger partial charge on any atom is -0.443 e. The Hall–Kier alpha value is -2.94. The lowest BCUT2D eigenvalue weighted by Gasteiger charge is -2.23. The molecule has 3 aromatic heterocycles. The smallest absolute Gasteiger partial charge is 0.416 e. The summed E-state index contributed by atoms with van der Waals surface area (Å²) in [5.41, 5.74) is 0.648. The quantitative estimate of drug-likeness (QED) is 0.671. The maximum absolute atomic E-state index is 13.7. The van der Waals surface area contributed by atoms with Crippen molar-refractivity contribution in [2.75, 3.05) is 11.9 Å². The number of nitrogens with zero attached hydrogens (tertiary/aromatic N) is 5. The number of halogens is 1. The van der Waals surface area contributed by atoms with Gasteiger partial charge in [-0.05, 0) is 26.8 Å². The average molecular weight is 387 g/mol. The van der Waals surface area contributed by atoms with Crippen molar-refractivity contribution in [2.45, 2.75) is 26.4 Å². The van der Waals surface area contributed by atoms with E-state index in [0.717, 1.165) is 0 Å². The fourth-order valence-corrected chi connectivity index (χ4v) is 2.84. The number of hydrogen-bond acceptors (Lipinski definition) is 7. The van der Waals surface area contributed by atoms with Gasteiger partial charge in [0.2, 0.25) is 5.95 Å². The van der Waals surface area contributed by atoms with Crippen molar-refractivity contribution in [2.24, 2.45) is 0 Å². The fraction of sp³-hybridized carbons (Fsp3) is 0.278. The number of amides is 1. The van der Waals surface area contributed by atoms with Gasteiger partial charge in [-0.2, -0.15) is 0 Å². The maximum Gasteiger partial charge on any atom is 0.416 e. The number of anilines is 1. The van der Waals surface area contributed by atoms with Crippen LogP contribution in [0.3, 0.4) is 0 Å². The highest BCUT2D eigenvalue weighted by atomic mass is 32.1. The first-order chi connectivity index (χ1) is 12.7. The van der Waals surface area contributed by atoms with E-state index < -0.39 is 17.5 Å². The summed E-state index contributed by atoms with van der Waals surface area (Å²) in [5, 5.41) is 2.49. The molecule has 7 nitrogen and oxygen atoms in total. The van der Waals surface area contributed by atoms with Gasteiger partial charge in [-0.1, -0.05) is 0 Å². The minimum absolute atomic E-state index is 0.116. The lowest BCUT2D eigenvalue weighted by molar-refractivity contribution is 0.0587. The van der Waals surface area contributed by atoms with E-state index in [1.54, 1.807) is 33.2 Å². The molecule has 3 rings (SSSR count). The Morgan fingerprint density at radius 3 is 2.63 bits per heavy atom. The molecule has 0 aliphatic rings. The molecule has 0 saturated heterocycles. The van der Waals surface area contributed by atoms with Gasteiger partial charge in [-0.3, -0.25) is 4.98 Å². The molecule has 0 atom stereocenters. The summed E-state index contributed by atoms with van der Waals surface area (Å²) in [6.07, 6.45) is 3.96. The van der Waals surface area contributed by atoms with E-state index >= 15 is 0 Å². The van der Waals surface area contributed by atoms with Gasteiger partial charge < -0.3 is 4.74 Å². The first-order valence-corrected chi connectivity index (χ1v) is 8.98. The largest absolute Gasteiger partial charge is 0.443 e. The van der Waals surface area contributed by atoms with Crippen LogP contribution in [0.25, 0.3) is 22.0 Å². The molecule has 0 saturated carbocycles. The number of thiazole rings is 1. The Kier molecular flexibility index (Phi) is 5.13. The molecule has 0 radical (unpaired) electrons. The second-order valence-corrected chi connectivity index (χ2v) is 7.56. The molecule has 0 bridgehead atoms. The van der Waals surface area contributed by atoms with Gasteiger partial charge in [-0.15, -0.1) is 11.3 Å².